The van der Waals surface area contributed by atoms with Gasteiger partial charge in [0.25, 0.3) is 0 Å². The first kappa shape index (κ1) is 10.8. The number of ether oxygens (including phenoxy) is 1. The minimum absolute atomic E-state index is 0.0783. The van der Waals surface area contributed by atoms with Crippen LogP contribution in [0.3, 0.4) is 0 Å². The Balaban J connectivity index is 1.65. The van der Waals surface area contributed by atoms with Crippen molar-refractivity contribution >= 4 is 5.91 Å². The third-order valence-corrected chi connectivity index (χ3v) is 2.99. The summed E-state index contributed by atoms with van der Waals surface area (Å²) < 4.78 is 30.3. The zero-order chi connectivity index (χ0) is 10.9. The Labute approximate surface area is 87.2 Å². The third-order valence-electron chi connectivity index (χ3n) is 2.99. The molecule has 2 rings (SSSR count). The number of rotatable bonds is 3. The van der Waals surface area contributed by atoms with E-state index in [1.165, 1.54) is 0 Å². The van der Waals surface area contributed by atoms with Crippen molar-refractivity contribution in [3.8, 4) is 0 Å². The Morgan fingerprint density at radius 3 is 2.73 bits per heavy atom. The Bertz CT molecular complexity index is 244. The summed E-state index contributed by atoms with van der Waals surface area (Å²) in [6.45, 7) is 1.20. The molecule has 0 aromatic rings. The number of hydrogen-bond donors (Lipinski definition) is 1. The molecule has 1 N–H and O–H groups in total. The first-order valence-electron chi connectivity index (χ1n) is 5.34. The number of halogens is 2. The van der Waals surface area contributed by atoms with Crippen LogP contribution in [0.15, 0.2) is 0 Å². The molecule has 1 amide bonds. The van der Waals surface area contributed by atoms with Crippen LogP contribution >= 0.6 is 0 Å². The fourth-order valence-electron chi connectivity index (χ4n) is 2.01. The van der Waals surface area contributed by atoms with Gasteiger partial charge in [0.1, 0.15) is 0 Å². The largest absolute Gasteiger partial charge is 0.376 e. The molecule has 1 aliphatic heterocycles. The fraction of sp³-hybridized carbons (Fsp3) is 0.900. The van der Waals surface area contributed by atoms with Gasteiger partial charge in [-0.2, -0.15) is 0 Å². The lowest BCUT2D eigenvalue weighted by molar-refractivity contribution is -0.150. The van der Waals surface area contributed by atoms with Gasteiger partial charge in [-0.05, 0) is 12.8 Å². The Morgan fingerprint density at radius 1 is 1.47 bits per heavy atom. The van der Waals surface area contributed by atoms with Crippen molar-refractivity contribution in [3.63, 3.8) is 0 Å². The summed E-state index contributed by atoms with van der Waals surface area (Å²) in [4.78, 5) is 11.4. The maximum atomic E-state index is 12.5. The molecule has 0 radical (unpaired) electrons. The van der Waals surface area contributed by atoms with E-state index >= 15 is 0 Å². The number of alkyl halides is 2. The van der Waals surface area contributed by atoms with E-state index in [1.54, 1.807) is 0 Å². The van der Waals surface area contributed by atoms with E-state index in [-0.39, 0.29) is 24.9 Å². The molecule has 1 heterocycles. The van der Waals surface area contributed by atoms with Crippen molar-refractivity contribution in [3.05, 3.63) is 0 Å². The molecule has 86 valence electrons. The molecule has 0 aromatic carbocycles. The van der Waals surface area contributed by atoms with Gasteiger partial charge >= 0.3 is 0 Å². The van der Waals surface area contributed by atoms with E-state index in [0.29, 0.717) is 6.54 Å². The molecule has 15 heavy (non-hydrogen) atoms. The van der Waals surface area contributed by atoms with E-state index in [1.807, 2.05) is 0 Å². The number of nitrogens with one attached hydrogen (secondary N) is 1. The summed E-state index contributed by atoms with van der Waals surface area (Å²) in [6.07, 6.45) is 1.44. The molecule has 2 fully saturated rings. The smallest absolute Gasteiger partial charge is 0.249 e. The molecule has 1 saturated heterocycles. The second-order valence-electron chi connectivity index (χ2n) is 4.34. The lowest BCUT2D eigenvalue weighted by atomic mass is 9.81. The van der Waals surface area contributed by atoms with Crippen LogP contribution in [-0.4, -0.2) is 31.1 Å². The van der Waals surface area contributed by atoms with Gasteiger partial charge in [0.05, 0.1) is 6.10 Å². The number of amides is 1. The van der Waals surface area contributed by atoms with Crippen molar-refractivity contribution in [1.29, 1.82) is 0 Å². The highest BCUT2D eigenvalue weighted by Crippen LogP contribution is 2.42. The van der Waals surface area contributed by atoms with Crippen molar-refractivity contribution in [2.45, 2.75) is 37.7 Å². The van der Waals surface area contributed by atoms with Crippen LogP contribution in [0, 0.1) is 5.92 Å². The molecule has 0 aromatic heterocycles. The SMILES string of the molecule is O=C(NCC1CCCO1)C1CC(F)(F)C1. The standard InChI is InChI=1S/C10H15F2NO2/c11-10(12)4-7(5-10)9(14)13-6-8-2-1-3-15-8/h7-8H,1-6H2,(H,13,14). The van der Waals surface area contributed by atoms with Crippen LogP contribution in [0.25, 0.3) is 0 Å². The average Bonchev–Trinajstić information content (AvgIpc) is 2.62. The highest BCUT2D eigenvalue weighted by atomic mass is 19.3. The van der Waals surface area contributed by atoms with Gasteiger partial charge < -0.3 is 10.1 Å². The predicted octanol–water partition coefficient (Wildman–Crippen LogP) is 1.33. The second-order valence-corrected chi connectivity index (χ2v) is 4.34. The van der Waals surface area contributed by atoms with Crippen molar-refractivity contribution < 1.29 is 18.3 Å². The Kier molecular flexibility index (Phi) is 2.91. The number of carbonyl (C=O) groups excluding carboxylic acids is 1. The van der Waals surface area contributed by atoms with E-state index < -0.39 is 11.8 Å². The summed E-state index contributed by atoms with van der Waals surface area (Å²) in [5, 5.41) is 2.67. The van der Waals surface area contributed by atoms with Crippen LogP contribution in [0.2, 0.25) is 0 Å². The summed E-state index contributed by atoms with van der Waals surface area (Å²) in [6, 6.07) is 0. The monoisotopic (exact) mass is 219 g/mol. The topological polar surface area (TPSA) is 38.3 Å². The number of carbonyl (C=O) groups is 1. The molecule has 1 saturated carbocycles. The van der Waals surface area contributed by atoms with Gasteiger partial charge in [-0.25, -0.2) is 8.78 Å². The van der Waals surface area contributed by atoms with E-state index in [4.69, 9.17) is 4.74 Å². The van der Waals surface area contributed by atoms with Crippen LogP contribution in [-0.2, 0) is 9.53 Å². The third kappa shape index (κ3) is 2.65. The van der Waals surface area contributed by atoms with Crippen LogP contribution < -0.4 is 5.32 Å². The first-order chi connectivity index (χ1) is 7.07. The van der Waals surface area contributed by atoms with E-state index in [9.17, 15) is 13.6 Å². The average molecular weight is 219 g/mol. The molecule has 3 nitrogen and oxygen atoms in total. The zero-order valence-corrected chi connectivity index (χ0v) is 8.47. The lowest BCUT2D eigenvalue weighted by Gasteiger charge is -2.33. The summed E-state index contributed by atoms with van der Waals surface area (Å²) in [5.74, 6) is -3.37. The molecule has 1 aliphatic carbocycles. The fourth-order valence-corrected chi connectivity index (χ4v) is 2.01. The maximum Gasteiger partial charge on any atom is 0.249 e. The molecular formula is C10H15F2NO2. The lowest BCUT2D eigenvalue weighted by Crippen LogP contribution is -2.46. The highest BCUT2D eigenvalue weighted by Gasteiger charge is 2.48. The van der Waals surface area contributed by atoms with Gasteiger partial charge in [-0.3, -0.25) is 4.79 Å². The van der Waals surface area contributed by atoms with Crippen molar-refractivity contribution in [2.24, 2.45) is 5.92 Å². The van der Waals surface area contributed by atoms with Crippen LogP contribution in [0.1, 0.15) is 25.7 Å². The van der Waals surface area contributed by atoms with Crippen molar-refractivity contribution in [2.75, 3.05) is 13.2 Å². The Morgan fingerprint density at radius 2 is 2.20 bits per heavy atom. The molecule has 5 heteroatoms. The maximum absolute atomic E-state index is 12.5. The number of hydrogen-bond acceptors (Lipinski definition) is 2. The van der Waals surface area contributed by atoms with Gasteiger partial charge in [-0.1, -0.05) is 0 Å². The molecule has 1 atom stereocenters. The van der Waals surface area contributed by atoms with Gasteiger partial charge in [0, 0.05) is 31.9 Å². The van der Waals surface area contributed by atoms with Crippen LogP contribution in [0.5, 0.6) is 0 Å². The van der Waals surface area contributed by atoms with Crippen molar-refractivity contribution in [1.82, 2.24) is 5.32 Å². The Hall–Kier alpha value is -0.710. The van der Waals surface area contributed by atoms with Crippen LogP contribution in [0.4, 0.5) is 8.78 Å². The molecule has 1 unspecified atom stereocenters. The minimum atomic E-state index is -2.62. The van der Waals surface area contributed by atoms with E-state index in [0.717, 1.165) is 19.4 Å². The van der Waals surface area contributed by atoms with E-state index in [2.05, 4.69) is 5.32 Å². The normalized spacial score (nSPS) is 29.9. The minimum Gasteiger partial charge on any atom is -0.376 e. The van der Waals surface area contributed by atoms with Gasteiger partial charge in [0.15, 0.2) is 0 Å². The van der Waals surface area contributed by atoms with Gasteiger partial charge in [0.2, 0.25) is 11.8 Å². The molecule has 2 aliphatic rings. The molecular weight excluding hydrogens is 204 g/mol. The summed E-state index contributed by atoms with van der Waals surface area (Å²) >= 11 is 0. The highest BCUT2D eigenvalue weighted by molar-refractivity contribution is 5.79. The second kappa shape index (κ2) is 4.04. The zero-order valence-electron chi connectivity index (χ0n) is 8.47. The van der Waals surface area contributed by atoms with Gasteiger partial charge in [-0.15, -0.1) is 0 Å². The quantitative estimate of drug-likeness (QED) is 0.777. The summed E-state index contributed by atoms with van der Waals surface area (Å²) in [5.41, 5.74) is 0. The molecule has 0 spiro atoms. The molecule has 0 bridgehead atoms. The first-order valence-corrected chi connectivity index (χ1v) is 5.34. The summed E-state index contributed by atoms with van der Waals surface area (Å²) in [7, 11) is 0. The predicted molar refractivity (Wildman–Crippen MR) is 49.7 cm³/mol.